The molecule has 5 heteroatoms. The van der Waals surface area contributed by atoms with Crippen molar-refractivity contribution in [2.45, 2.75) is 26.9 Å². The minimum atomic E-state index is 0.637. The third-order valence-electron chi connectivity index (χ3n) is 2.62. The Hall–Kier alpha value is -2.04. The van der Waals surface area contributed by atoms with E-state index < -0.39 is 0 Å². The van der Waals surface area contributed by atoms with Crippen LogP contribution in [-0.4, -0.2) is 21.4 Å². The second kappa shape index (κ2) is 6.05. The van der Waals surface area contributed by atoms with Crippen molar-refractivity contribution in [1.29, 1.82) is 0 Å². The van der Waals surface area contributed by atoms with E-state index in [1.807, 2.05) is 42.8 Å². The van der Waals surface area contributed by atoms with Crippen molar-refractivity contribution < 1.29 is 4.74 Å². The Morgan fingerprint density at radius 3 is 2.89 bits per heavy atom. The van der Waals surface area contributed by atoms with Crippen molar-refractivity contribution in [1.82, 2.24) is 14.8 Å². The van der Waals surface area contributed by atoms with E-state index in [1.54, 1.807) is 6.33 Å². The molecule has 0 aliphatic rings. The van der Waals surface area contributed by atoms with Crippen molar-refractivity contribution in [2.75, 3.05) is 11.9 Å². The molecule has 0 radical (unpaired) electrons. The zero-order valence-electron chi connectivity index (χ0n) is 10.8. The maximum absolute atomic E-state index is 5.56. The fourth-order valence-electron chi connectivity index (χ4n) is 1.76. The van der Waals surface area contributed by atoms with Crippen LogP contribution in [0.2, 0.25) is 0 Å². The van der Waals surface area contributed by atoms with Gasteiger partial charge >= 0.3 is 0 Å². The molecule has 1 aromatic heterocycles. The second-order valence-corrected chi connectivity index (χ2v) is 3.77. The molecular formula is C13H18N4O. The predicted octanol–water partition coefficient (Wildman–Crippen LogP) is 2.31. The molecule has 0 amide bonds. The number of benzene rings is 1. The van der Waals surface area contributed by atoms with Crippen LogP contribution >= 0.6 is 0 Å². The molecule has 18 heavy (non-hydrogen) atoms. The first kappa shape index (κ1) is 12.4. The molecule has 2 aromatic rings. The van der Waals surface area contributed by atoms with Gasteiger partial charge in [-0.15, -0.1) is 0 Å². The third-order valence-corrected chi connectivity index (χ3v) is 2.62. The third kappa shape index (κ3) is 2.80. The summed E-state index contributed by atoms with van der Waals surface area (Å²) < 4.78 is 7.43. The Balaban J connectivity index is 2.06. The first-order valence-corrected chi connectivity index (χ1v) is 6.17. The lowest BCUT2D eigenvalue weighted by Gasteiger charge is -2.12. The molecule has 1 heterocycles. The van der Waals surface area contributed by atoms with E-state index in [4.69, 9.17) is 4.74 Å². The minimum absolute atomic E-state index is 0.637. The van der Waals surface area contributed by atoms with Crippen LogP contribution in [0.3, 0.4) is 0 Å². The lowest BCUT2D eigenvalue weighted by atomic mass is 10.3. The molecular weight excluding hydrogens is 228 g/mol. The monoisotopic (exact) mass is 246 g/mol. The van der Waals surface area contributed by atoms with Crippen LogP contribution in [0.4, 0.5) is 5.69 Å². The van der Waals surface area contributed by atoms with Crippen molar-refractivity contribution >= 4 is 5.69 Å². The maximum Gasteiger partial charge on any atom is 0.146 e. The van der Waals surface area contributed by atoms with Gasteiger partial charge in [0.25, 0.3) is 0 Å². The fourth-order valence-corrected chi connectivity index (χ4v) is 1.76. The van der Waals surface area contributed by atoms with Crippen molar-refractivity contribution in [3.05, 3.63) is 36.4 Å². The molecule has 1 aromatic carbocycles. The fraction of sp³-hybridized carbons (Fsp3) is 0.385. The highest BCUT2D eigenvalue weighted by Crippen LogP contribution is 2.23. The minimum Gasteiger partial charge on any atom is -0.492 e. The largest absolute Gasteiger partial charge is 0.492 e. The van der Waals surface area contributed by atoms with Gasteiger partial charge in [0.2, 0.25) is 0 Å². The second-order valence-electron chi connectivity index (χ2n) is 3.77. The van der Waals surface area contributed by atoms with Crippen LogP contribution in [0.5, 0.6) is 5.75 Å². The van der Waals surface area contributed by atoms with Crippen LogP contribution < -0.4 is 10.1 Å². The molecule has 96 valence electrons. The summed E-state index contributed by atoms with van der Waals surface area (Å²) in [7, 11) is 0. The summed E-state index contributed by atoms with van der Waals surface area (Å²) in [6, 6.07) is 7.90. The number of hydrogen-bond donors (Lipinski definition) is 1. The van der Waals surface area contributed by atoms with E-state index in [1.165, 1.54) is 0 Å². The van der Waals surface area contributed by atoms with E-state index in [9.17, 15) is 0 Å². The smallest absolute Gasteiger partial charge is 0.146 e. The number of aryl methyl sites for hydroxylation is 1. The summed E-state index contributed by atoms with van der Waals surface area (Å²) in [5, 5.41) is 7.47. The molecule has 0 atom stereocenters. The Morgan fingerprint density at radius 1 is 1.28 bits per heavy atom. The highest BCUT2D eigenvalue weighted by Gasteiger charge is 2.05. The number of aromatic nitrogens is 3. The number of hydrogen-bond acceptors (Lipinski definition) is 4. The number of ether oxygens (including phenoxy) is 1. The topological polar surface area (TPSA) is 52.0 Å². The highest BCUT2D eigenvalue weighted by molar-refractivity contribution is 5.56. The maximum atomic E-state index is 5.56. The Kier molecular flexibility index (Phi) is 4.17. The molecule has 2 rings (SSSR count). The summed E-state index contributed by atoms with van der Waals surface area (Å²) in [4.78, 5) is 4.23. The Bertz CT molecular complexity index is 495. The number of anilines is 1. The van der Waals surface area contributed by atoms with Gasteiger partial charge in [-0.3, -0.25) is 0 Å². The zero-order chi connectivity index (χ0) is 12.8. The lowest BCUT2D eigenvalue weighted by Crippen LogP contribution is -2.09. The van der Waals surface area contributed by atoms with Gasteiger partial charge in [-0.1, -0.05) is 12.1 Å². The summed E-state index contributed by atoms with van der Waals surface area (Å²) >= 11 is 0. The van der Waals surface area contributed by atoms with Gasteiger partial charge < -0.3 is 10.1 Å². The first-order valence-electron chi connectivity index (χ1n) is 6.17. The molecule has 0 aliphatic heterocycles. The van der Waals surface area contributed by atoms with Gasteiger partial charge in [0.15, 0.2) is 0 Å². The number of para-hydroxylation sites is 2. The summed E-state index contributed by atoms with van der Waals surface area (Å²) in [5.74, 6) is 1.78. The zero-order valence-corrected chi connectivity index (χ0v) is 10.8. The first-order chi connectivity index (χ1) is 8.85. The predicted molar refractivity (Wildman–Crippen MR) is 70.6 cm³/mol. The van der Waals surface area contributed by atoms with Crippen LogP contribution in [0.15, 0.2) is 30.6 Å². The molecule has 0 saturated heterocycles. The van der Waals surface area contributed by atoms with Crippen molar-refractivity contribution in [3.63, 3.8) is 0 Å². The van der Waals surface area contributed by atoms with Gasteiger partial charge in [0.1, 0.15) is 17.9 Å². The lowest BCUT2D eigenvalue weighted by molar-refractivity contribution is 0.341. The van der Waals surface area contributed by atoms with Gasteiger partial charge in [0, 0.05) is 6.54 Å². The van der Waals surface area contributed by atoms with E-state index >= 15 is 0 Å². The van der Waals surface area contributed by atoms with E-state index in [0.717, 1.165) is 23.8 Å². The SMILES string of the molecule is CCOc1ccccc1NCc1ncnn1CC. The number of nitrogens with one attached hydrogen (secondary N) is 1. The molecule has 0 saturated carbocycles. The highest BCUT2D eigenvalue weighted by atomic mass is 16.5. The van der Waals surface area contributed by atoms with Crippen molar-refractivity contribution in [2.24, 2.45) is 0 Å². The number of rotatable bonds is 6. The normalized spacial score (nSPS) is 10.3. The van der Waals surface area contributed by atoms with Gasteiger partial charge in [-0.05, 0) is 26.0 Å². The molecule has 0 bridgehead atoms. The van der Waals surface area contributed by atoms with Crippen molar-refractivity contribution in [3.8, 4) is 5.75 Å². The molecule has 0 spiro atoms. The molecule has 1 N–H and O–H groups in total. The molecule has 0 unspecified atom stereocenters. The summed E-state index contributed by atoms with van der Waals surface area (Å²) in [6.07, 6.45) is 1.58. The summed E-state index contributed by atoms with van der Waals surface area (Å²) in [5.41, 5.74) is 0.977. The van der Waals surface area contributed by atoms with Crippen LogP contribution in [0.1, 0.15) is 19.7 Å². The van der Waals surface area contributed by atoms with Gasteiger partial charge in [-0.2, -0.15) is 5.10 Å². The average molecular weight is 246 g/mol. The van der Waals surface area contributed by atoms with Crippen LogP contribution in [0, 0.1) is 0 Å². The van der Waals surface area contributed by atoms with Crippen LogP contribution in [-0.2, 0) is 13.1 Å². The molecule has 5 nitrogen and oxygen atoms in total. The quantitative estimate of drug-likeness (QED) is 0.849. The average Bonchev–Trinajstić information content (AvgIpc) is 2.85. The molecule has 0 aliphatic carbocycles. The Labute approximate surface area is 107 Å². The van der Waals surface area contributed by atoms with E-state index in [0.29, 0.717) is 13.2 Å². The van der Waals surface area contributed by atoms with E-state index in [2.05, 4.69) is 15.4 Å². The van der Waals surface area contributed by atoms with Crippen LogP contribution in [0.25, 0.3) is 0 Å². The number of nitrogens with zero attached hydrogens (tertiary/aromatic N) is 3. The van der Waals surface area contributed by atoms with E-state index in [-0.39, 0.29) is 0 Å². The van der Waals surface area contributed by atoms with Gasteiger partial charge in [0.05, 0.1) is 18.8 Å². The Morgan fingerprint density at radius 2 is 2.11 bits per heavy atom. The standard InChI is InChI=1S/C13H18N4O/c1-3-17-13(15-10-16-17)9-14-11-7-5-6-8-12(11)18-4-2/h5-8,10,14H,3-4,9H2,1-2H3. The van der Waals surface area contributed by atoms with Gasteiger partial charge in [-0.25, -0.2) is 9.67 Å². The molecule has 0 fully saturated rings. The summed E-state index contributed by atoms with van der Waals surface area (Å²) in [6.45, 7) is 6.14.